The van der Waals surface area contributed by atoms with Crippen LogP contribution >= 0.6 is 0 Å². The van der Waals surface area contributed by atoms with E-state index in [-0.39, 0.29) is 6.61 Å². The smallest absolute Gasteiger partial charge is 0.170 e. The van der Waals surface area contributed by atoms with Crippen molar-refractivity contribution < 1.29 is 9.84 Å². The maximum Gasteiger partial charge on any atom is 0.170 e. The van der Waals surface area contributed by atoms with Gasteiger partial charge < -0.3 is 9.84 Å². The van der Waals surface area contributed by atoms with Crippen LogP contribution < -0.4 is 0 Å². The fraction of sp³-hybridized carbons (Fsp3) is 0.571. The SMILES string of the molecule is COCC(O)n1cc(C)cn1. The van der Waals surface area contributed by atoms with Crippen molar-refractivity contribution in [2.24, 2.45) is 0 Å². The molecule has 1 N–H and O–H groups in total. The van der Waals surface area contributed by atoms with Crippen molar-refractivity contribution in [1.82, 2.24) is 9.78 Å². The molecule has 1 atom stereocenters. The highest BCUT2D eigenvalue weighted by atomic mass is 16.5. The van der Waals surface area contributed by atoms with E-state index in [4.69, 9.17) is 4.74 Å². The van der Waals surface area contributed by atoms with Gasteiger partial charge in [-0.2, -0.15) is 5.10 Å². The van der Waals surface area contributed by atoms with Crippen LogP contribution in [-0.2, 0) is 4.74 Å². The molecule has 0 spiro atoms. The van der Waals surface area contributed by atoms with Crippen LogP contribution in [0.1, 0.15) is 11.8 Å². The van der Waals surface area contributed by atoms with E-state index in [1.807, 2.05) is 6.92 Å². The van der Waals surface area contributed by atoms with Gasteiger partial charge >= 0.3 is 0 Å². The van der Waals surface area contributed by atoms with Crippen molar-refractivity contribution in [3.8, 4) is 0 Å². The lowest BCUT2D eigenvalue weighted by atomic mass is 10.4. The van der Waals surface area contributed by atoms with Gasteiger partial charge in [-0.3, -0.25) is 0 Å². The van der Waals surface area contributed by atoms with Gasteiger partial charge in [-0.1, -0.05) is 0 Å². The van der Waals surface area contributed by atoms with E-state index in [0.717, 1.165) is 5.56 Å². The van der Waals surface area contributed by atoms with Crippen molar-refractivity contribution in [3.05, 3.63) is 18.0 Å². The molecular formula is C7H12N2O2. The number of aliphatic hydroxyl groups is 1. The van der Waals surface area contributed by atoms with E-state index >= 15 is 0 Å². The maximum absolute atomic E-state index is 9.31. The second-order valence-corrected chi connectivity index (χ2v) is 2.43. The number of rotatable bonds is 3. The zero-order valence-corrected chi connectivity index (χ0v) is 6.69. The fourth-order valence-corrected chi connectivity index (χ4v) is 0.821. The predicted molar refractivity (Wildman–Crippen MR) is 40.1 cm³/mol. The van der Waals surface area contributed by atoms with E-state index < -0.39 is 6.23 Å². The van der Waals surface area contributed by atoms with E-state index in [1.54, 1.807) is 19.5 Å². The van der Waals surface area contributed by atoms with Crippen molar-refractivity contribution >= 4 is 0 Å². The van der Waals surface area contributed by atoms with E-state index in [9.17, 15) is 5.11 Å². The Balaban J connectivity index is 2.60. The Morgan fingerprint density at radius 1 is 1.82 bits per heavy atom. The summed E-state index contributed by atoms with van der Waals surface area (Å²) in [5, 5.41) is 13.2. The second-order valence-electron chi connectivity index (χ2n) is 2.43. The normalized spacial score (nSPS) is 13.4. The van der Waals surface area contributed by atoms with Gasteiger partial charge in [0.05, 0.1) is 12.8 Å². The molecule has 62 valence electrons. The van der Waals surface area contributed by atoms with E-state index in [0.29, 0.717) is 0 Å². The summed E-state index contributed by atoms with van der Waals surface area (Å²) < 4.78 is 6.23. The Labute approximate surface area is 65.4 Å². The molecule has 0 bridgehead atoms. The molecule has 0 radical (unpaired) electrons. The highest BCUT2D eigenvalue weighted by Gasteiger charge is 2.05. The topological polar surface area (TPSA) is 47.3 Å². The van der Waals surface area contributed by atoms with Gasteiger partial charge in [0.25, 0.3) is 0 Å². The van der Waals surface area contributed by atoms with Gasteiger partial charge in [0, 0.05) is 13.3 Å². The number of hydrogen-bond donors (Lipinski definition) is 1. The van der Waals surface area contributed by atoms with Gasteiger partial charge in [-0.05, 0) is 12.5 Å². The summed E-state index contributed by atoms with van der Waals surface area (Å²) >= 11 is 0. The molecule has 0 aliphatic carbocycles. The van der Waals surface area contributed by atoms with Crippen molar-refractivity contribution in [2.75, 3.05) is 13.7 Å². The summed E-state index contributed by atoms with van der Waals surface area (Å²) in [4.78, 5) is 0. The summed E-state index contributed by atoms with van der Waals surface area (Å²) in [6.07, 6.45) is 2.79. The first-order valence-corrected chi connectivity index (χ1v) is 3.42. The van der Waals surface area contributed by atoms with E-state index in [2.05, 4.69) is 5.10 Å². The minimum atomic E-state index is -0.673. The number of ether oxygens (including phenoxy) is 1. The summed E-state index contributed by atoms with van der Waals surface area (Å²) in [7, 11) is 1.54. The second kappa shape index (κ2) is 3.50. The van der Waals surface area contributed by atoms with Crippen LogP contribution in [0.2, 0.25) is 0 Å². The number of aryl methyl sites for hydroxylation is 1. The Morgan fingerprint density at radius 3 is 3.00 bits per heavy atom. The summed E-state index contributed by atoms with van der Waals surface area (Å²) in [5.74, 6) is 0. The Hall–Kier alpha value is -0.870. The highest BCUT2D eigenvalue weighted by Crippen LogP contribution is 2.02. The molecule has 0 saturated heterocycles. The lowest BCUT2D eigenvalue weighted by Crippen LogP contribution is -2.13. The van der Waals surface area contributed by atoms with Crippen molar-refractivity contribution in [2.45, 2.75) is 13.2 Å². The van der Waals surface area contributed by atoms with Gasteiger partial charge in [0.1, 0.15) is 0 Å². The van der Waals surface area contributed by atoms with Crippen LogP contribution in [0.3, 0.4) is 0 Å². The summed E-state index contributed by atoms with van der Waals surface area (Å²) in [5.41, 5.74) is 1.03. The Morgan fingerprint density at radius 2 is 2.55 bits per heavy atom. The molecule has 4 heteroatoms. The molecule has 11 heavy (non-hydrogen) atoms. The third-order valence-electron chi connectivity index (χ3n) is 1.35. The number of nitrogens with zero attached hydrogens (tertiary/aromatic N) is 2. The van der Waals surface area contributed by atoms with Gasteiger partial charge in [-0.25, -0.2) is 4.68 Å². The highest BCUT2D eigenvalue weighted by molar-refractivity contribution is 4.99. The molecule has 0 saturated carbocycles. The largest absolute Gasteiger partial charge is 0.380 e. The van der Waals surface area contributed by atoms with Crippen LogP contribution in [0.15, 0.2) is 12.4 Å². The van der Waals surface area contributed by atoms with Crippen LogP contribution in [0.5, 0.6) is 0 Å². The molecule has 0 aromatic carbocycles. The van der Waals surface area contributed by atoms with Crippen LogP contribution in [-0.4, -0.2) is 28.6 Å². The lowest BCUT2D eigenvalue weighted by Gasteiger charge is -2.08. The third kappa shape index (κ3) is 2.03. The molecule has 1 heterocycles. The minimum absolute atomic E-state index is 0.265. The number of aromatic nitrogens is 2. The molecule has 1 rings (SSSR count). The Bertz CT molecular complexity index is 222. The van der Waals surface area contributed by atoms with Gasteiger partial charge in [0.2, 0.25) is 0 Å². The predicted octanol–water partition coefficient (Wildman–Crippen LogP) is 0.329. The first-order chi connectivity index (χ1) is 5.24. The van der Waals surface area contributed by atoms with Gasteiger partial charge in [-0.15, -0.1) is 0 Å². The zero-order valence-electron chi connectivity index (χ0n) is 6.69. The molecule has 0 aliphatic rings. The molecule has 4 nitrogen and oxygen atoms in total. The summed E-state index contributed by atoms with van der Waals surface area (Å²) in [6, 6.07) is 0. The number of hydrogen-bond acceptors (Lipinski definition) is 3. The van der Waals surface area contributed by atoms with Gasteiger partial charge in [0.15, 0.2) is 6.23 Å². The average Bonchev–Trinajstić information content (AvgIpc) is 2.36. The first kappa shape index (κ1) is 8.23. The van der Waals surface area contributed by atoms with E-state index in [1.165, 1.54) is 4.68 Å². The van der Waals surface area contributed by atoms with Crippen LogP contribution in [0.4, 0.5) is 0 Å². The van der Waals surface area contributed by atoms with Crippen molar-refractivity contribution in [3.63, 3.8) is 0 Å². The maximum atomic E-state index is 9.31. The number of methoxy groups -OCH3 is 1. The van der Waals surface area contributed by atoms with Crippen molar-refractivity contribution in [1.29, 1.82) is 0 Å². The average molecular weight is 156 g/mol. The quantitative estimate of drug-likeness (QED) is 0.686. The zero-order chi connectivity index (χ0) is 8.27. The molecule has 0 amide bonds. The molecule has 0 aliphatic heterocycles. The molecular weight excluding hydrogens is 144 g/mol. The first-order valence-electron chi connectivity index (χ1n) is 3.42. The molecule has 0 fully saturated rings. The standard InChI is InChI=1S/C7H12N2O2/c1-6-3-8-9(4-6)7(10)5-11-2/h3-4,7,10H,5H2,1-2H3. The Kier molecular flexibility index (Phi) is 2.62. The fourth-order valence-electron chi connectivity index (χ4n) is 0.821. The third-order valence-corrected chi connectivity index (χ3v) is 1.35. The molecule has 1 aromatic rings. The molecule has 1 aromatic heterocycles. The minimum Gasteiger partial charge on any atom is -0.380 e. The molecule has 1 unspecified atom stereocenters. The lowest BCUT2D eigenvalue weighted by molar-refractivity contribution is 0.00850. The van der Waals surface area contributed by atoms with Crippen LogP contribution in [0, 0.1) is 6.92 Å². The monoisotopic (exact) mass is 156 g/mol. The number of aliphatic hydroxyl groups excluding tert-OH is 1. The summed E-state index contributed by atoms with van der Waals surface area (Å²) in [6.45, 7) is 2.18. The van der Waals surface area contributed by atoms with Crippen LogP contribution in [0.25, 0.3) is 0 Å².